The summed E-state index contributed by atoms with van der Waals surface area (Å²) in [7, 11) is 0. The van der Waals surface area contributed by atoms with E-state index in [2.05, 4.69) is 16.0 Å². The fourth-order valence-electron chi connectivity index (χ4n) is 3.72. The molecule has 0 spiro atoms. The van der Waals surface area contributed by atoms with Gasteiger partial charge in [0, 0.05) is 6.04 Å². The van der Waals surface area contributed by atoms with E-state index in [-0.39, 0.29) is 17.9 Å². The van der Waals surface area contributed by atoms with Crippen LogP contribution in [0.15, 0.2) is 0 Å². The molecular weight excluding hydrogens is 448 g/mol. The predicted molar refractivity (Wildman–Crippen MR) is 141 cm³/mol. The fourth-order valence-corrected chi connectivity index (χ4v) is 3.72. The zero-order valence-corrected chi connectivity index (χ0v) is 21.7. The molecule has 0 aromatic heterocycles. The molecule has 3 amide bonds. The summed E-state index contributed by atoms with van der Waals surface area (Å²) < 4.78 is 0. The summed E-state index contributed by atoms with van der Waals surface area (Å²) >= 11 is 0. The SMILES string of the molecule is CC(CCCCN)NC(=O)C(CCCCN)NC(=O)C(CCCCN)NC(=O)C(N)CCCCN. The maximum absolute atomic E-state index is 13.2. The molecule has 35 heavy (non-hydrogen) atoms. The van der Waals surface area contributed by atoms with E-state index in [1.807, 2.05) is 6.92 Å². The lowest BCUT2D eigenvalue weighted by molar-refractivity contribution is -0.133. The Bertz CT molecular complexity index is 579. The molecule has 0 rings (SSSR count). The molecular formula is C24H52N8O3. The minimum Gasteiger partial charge on any atom is -0.352 e. The van der Waals surface area contributed by atoms with E-state index < -0.39 is 24.0 Å². The Morgan fingerprint density at radius 3 is 1.37 bits per heavy atom. The summed E-state index contributed by atoms with van der Waals surface area (Å²) in [6.07, 6.45) is 8.36. The fraction of sp³-hybridized carbons (Fsp3) is 0.875. The third-order valence-corrected chi connectivity index (χ3v) is 5.95. The van der Waals surface area contributed by atoms with Crippen molar-refractivity contribution in [2.24, 2.45) is 28.7 Å². The molecule has 0 aliphatic heterocycles. The lowest BCUT2D eigenvalue weighted by Gasteiger charge is -2.25. The average molecular weight is 501 g/mol. The number of carbonyl (C=O) groups excluding carboxylic acids is 3. The molecule has 0 bridgehead atoms. The number of carbonyl (C=O) groups is 3. The number of rotatable bonds is 22. The lowest BCUT2D eigenvalue weighted by Crippen LogP contribution is -2.56. The highest BCUT2D eigenvalue weighted by atomic mass is 16.2. The molecule has 0 aliphatic rings. The van der Waals surface area contributed by atoms with Crippen LogP contribution in [-0.4, -0.2) is 68.1 Å². The van der Waals surface area contributed by atoms with Gasteiger partial charge in [-0.05, 0) is 97.3 Å². The van der Waals surface area contributed by atoms with Crippen molar-refractivity contribution in [1.82, 2.24) is 16.0 Å². The van der Waals surface area contributed by atoms with Crippen molar-refractivity contribution in [3.63, 3.8) is 0 Å². The molecule has 0 saturated heterocycles. The summed E-state index contributed by atoms with van der Waals surface area (Å²) in [5.74, 6) is -1.01. The predicted octanol–water partition coefficient (Wildman–Crippen LogP) is -0.696. The Labute approximate surface area is 211 Å². The van der Waals surface area contributed by atoms with E-state index in [0.29, 0.717) is 58.3 Å². The van der Waals surface area contributed by atoms with Crippen molar-refractivity contribution < 1.29 is 14.4 Å². The highest BCUT2D eigenvalue weighted by Gasteiger charge is 2.28. The molecule has 0 fully saturated rings. The normalized spacial score (nSPS) is 14.6. The van der Waals surface area contributed by atoms with Gasteiger partial charge in [0.15, 0.2) is 0 Å². The molecule has 4 atom stereocenters. The van der Waals surface area contributed by atoms with Crippen molar-refractivity contribution in [3.8, 4) is 0 Å². The van der Waals surface area contributed by atoms with Gasteiger partial charge in [-0.1, -0.05) is 12.8 Å². The number of nitrogens with one attached hydrogen (secondary N) is 3. The monoisotopic (exact) mass is 500 g/mol. The maximum atomic E-state index is 13.2. The Balaban J connectivity index is 5.21. The van der Waals surface area contributed by atoms with Crippen LogP contribution in [0.25, 0.3) is 0 Å². The summed E-state index contributed by atoms with van der Waals surface area (Å²) in [5, 5.41) is 8.62. The second kappa shape index (κ2) is 21.5. The van der Waals surface area contributed by atoms with Crippen LogP contribution in [0, 0.1) is 0 Å². The molecule has 0 radical (unpaired) electrons. The van der Waals surface area contributed by atoms with Crippen molar-refractivity contribution in [3.05, 3.63) is 0 Å². The number of unbranched alkanes of at least 4 members (excludes halogenated alkanes) is 4. The number of hydrogen-bond donors (Lipinski definition) is 8. The van der Waals surface area contributed by atoms with Crippen LogP contribution >= 0.6 is 0 Å². The maximum Gasteiger partial charge on any atom is 0.243 e. The molecule has 0 aromatic carbocycles. The van der Waals surface area contributed by atoms with E-state index in [1.54, 1.807) is 0 Å². The second-order valence-corrected chi connectivity index (χ2v) is 9.28. The van der Waals surface area contributed by atoms with Gasteiger partial charge >= 0.3 is 0 Å². The second-order valence-electron chi connectivity index (χ2n) is 9.28. The molecule has 11 nitrogen and oxygen atoms in total. The van der Waals surface area contributed by atoms with Gasteiger partial charge in [-0.25, -0.2) is 0 Å². The smallest absolute Gasteiger partial charge is 0.243 e. The van der Waals surface area contributed by atoms with Crippen LogP contribution < -0.4 is 44.6 Å². The van der Waals surface area contributed by atoms with Gasteiger partial charge in [0.05, 0.1) is 6.04 Å². The average Bonchev–Trinajstić information content (AvgIpc) is 2.82. The number of nitrogens with two attached hydrogens (primary N) is 5. The van der Waals surface area contributed by atoms with E-state index in [1.165, 1.54) is 0 Å². The minimum absolute atomic E-state index is 0.0328. The lowest BCUT2D eigenvalue weighted by atomic mass is 10.0. The molecule has 0 heterocycles. The molecule has 11 heteroatoms. The van der Waals surface area contributed by atoms with Crippen molar-refractivity contribution in [2.75, 3.05) is 26.2 Å². The van der Waals surface area contributed by atoms with Gasteiger partial charge < -0.3 is 44.6 Å². The van der Waals surface area contributed by atoms with Crippen molar-refractivity contribution in [1.29, 1.82) is 0 Å². The molecule has 206 valence electrons. The molecule has 13 N–H and O–H groups in total. The van der Waals surface area contributed by atoms with Crippen molar-refractivity contribution in [2.45, 2.75) is 108 Å². The van der Waals surface area contributed by atoms with E-state index in [4.69, 9.17) is 28.7 Å². The van der Waals surface area contributed by atoms with Gasteiger partial charge in [0.25, 0.3) is 0 Å². The molecule has 0 aromatic rings. The summed E-state index contributed by atoms with van der Waals surface area (Å²) in [6, 6.07) is -2.25. The first-order chi connectivity index (χ1) is 16.8. The van der Waals surface area contributed by atoms with Gasteiger partial charge in [-0.15, -0.1) is 0 Å². The van der Waals surface area contributed by atoms with E-state index >= 15 is 0 Å². The molecule has 0 saturated carbocycles. The number of amides is 3. The Morgan fingerprint density at radius 2 is 0.914 bits per heavy atom. The first kappa shape index (κ1) is 33.2. The summed E-state index contributed by atoms with van der Waals surface area (Å²) in [4.78, 5) is 38.7. The zero-order chi connectivity index (χ0) is 26.5. The van der Waals surface area contributed by atoms with Crippen LogP contribution in [0.4, 0.5) is 0 Å². The van der Waals surface area contributed by atoms with Gasteiger partial charge in [-0.3, -0.25) is 14.4 Å². The van der Waals surface area contributed by atoms with Gasteiger partial charge in [-0.2, -0.15) is 0 Å². The standard InChI is InChI=1S/C24H52N8O3/c1-18(10-2-6-14-25)30-23(34)20(12-4-8-16-27)32-24(35)21(13-5-9-17-28)31-22(33)19(29)11-3-7-15-26/h18-21H,2-17,25-29H2,1H3,(H,30,34)(H,31,33)(H,32,35). The first-order valence-corrected chi connectivity index (χ1v) is 13.3. The van der Waals surface area contributed by atoms with E-state index in [0.717, 1.165) is 44.9 Å². The minimum atomic E-state index is -0.790. The van der Waals surface area contributed by atoms with E-state index in [9.17, 15) is 14.4 Å². The van der Waals surface area contributed by atoms with Gasteiger partial charge in [0.1, 0.15) is 12.1 Å². The van der Waals surface area contributed by atoms with Crippen molar-refractivity contribution >= 4 is 17.7 Å². The third-order valence-electron chi connectivity index (χ3n) is 5.95. The highest BCUT2D eigenvalue weighted by molar-refractivity contribution is 5.93. The van der Waals surface area contributed by atoms with Gasteiger partial charge in [0.2, 0.25) is 17.7 Å². The Morgan fingerprint density at radius 1 is 0.543 bits per heavy atom. The summed E-state index contributed by atoms with van der Waals surface area (Å²) in [6.45, 7) is 4.10. The zero-order valence-electron chi connectivity index (χ0n) is 21.7. The van der Waals surface area contributed by atoms with Crippen LogP contribution in [0.5, 0.6) is 0 Å². The van der Waals surface area contributed by atoms with Crippen LogP contribution in [0.2, 0.25) is 0 Å². The Hall–Kier alpha value is -1.79. The van der Waals surface area contributed by atoms with Crippen LogP contribution in [0.3, 0.4) is 0 Å². The molecule has 4 unspecified atom stereocenters. The molecule has 0 aliphatic carbocycles. The topological polar surface area (TPSA) is 217 Å². The summed E-state index contributed by atoms with van der Waals surface area (Å²) in [5.41, 5.74) is 28.3. The number of hydrogen-bond acceptors (Lipinski definition) is 8. The third kappa shape index (κ3) is 16.5. The largest absolute Gasteiger partial charge is 0.352 e. The quantitative estimate of drug-likeness (QED) is 0.0887. The first-order valence-electron chi connectivity index (χ1n) is 13.3. The Kier molecular flexibility index (Phi) is 20.4. The highest BCUT2D eigenvalue weighted by Crippen LogP contribution is 2.08. The van der Waals surface area contributed by atoms with Crippen LogP contribution in [0.1, 0.15) is 84.0 Å². The van der Waals surface area contributed by atoms with Crippen LogP contribution in [-0.2, 0) is 14.4 Å².